The number of hydrogen-bond acceptors (Lipinski definition) is 4. The number of hydrogen-bond donors (Lipinski definition) is 1. The van der Waals surface area contributed by atoms with Crippen LogP contribution in [0.25, 0.3) is 0 Å². The summed E-state index contributed by atoms with van der Waals surface area (Å²) in [5.41, 5.74) is 6.39. The lowest BCUT2D eigenvalue weighted by molar-refractivity contribution is -0.134. The van der Waals surface area contributed by atoms with Crippen molar-refractivity contribution in [2.75, 3.05) is 39.8 Å². The van der Waals surface area contributed by atoms with Crippen molar-refractivity contribution in [1.29, 1.82) is 0 Å². The molecule has 20 heavy (non-hydrogen) atoms. The van der Waals surface area contributed by atoms with Gasteiger partial charge in [0.15, 0.2) is 6.61 Å². The lowest BCUT2D eigenvalue weighted by Crippen LogP contribution is -2.48. The highest BCUT2D eigenvalue weighted by Gasteiger charge is 2.19. The third-order valence-electron chi connectivity index (χ3n) is 3.49. The molecule has 1 saturated heterocycles. The molecule has 110 valence electrons. The van der Waals surface area contributed by atoms with Crippen LogP contribution in [-0.2, 0) is 11.3 Å². The molecule has 0 radical (unpaired) electrons. The van der Waals surface area contributed by atoms with Crippen molar-refractivity contribution in [1.82, 2.24) is 9.80 Å². The number of nitrogens with two attached hydrogens (primary N) is 1. The molecule has 0 aliphatic carbocycles. The van der Waals surface area contributed by atoms with Crippen molar-refractivity contribution in [3.05, 3.63) is 28.8 Å². The lowest BCUT2D eigenvalue weighted by Gasteiger charge is -2.32. The Balaban J connectivity index is 1.92. The van der Waals surface area contributed by atoms with Gasteiger partial charge in [-0.05, 0) is 19.2 Å². The van der Waals surface area contributed by atoms with Crippen LogP contribution in [0.4, 0.5) is 0 Å². The number of halogens is 1. The van der Waals surface area contributed by atoms with Gasteiger partial charge in [-0.25, -0.2) is 0 Å². The number of nitrogens with zero attached hydrogens (tertiary/aromatic N) is 2. The van der Waals surface area contributed by atoms with E-state index in [0.717, 1.165) is 31.7 Å². The molecular formula is C14H20ClN3O2. The van der Waals surface area contributed by atoms with Crippen molar-refractivity contribution >= 4 is 17.5 Å². The monoisotopic (exact) mass is 297 g/mol. The summed E-state index contributed by atoms with van der Waals surface area (Å²) in [6.45, 7) is 3.61. The second-order valence-corrected chi connectivity index (χ2v) is 5.30. The first-order valence-corrected chi connectivity index (χ1v) is 7.06. The van der Waals surface area contributed by atoms with E-state index in [9.17, 15) is 4.79 Å². The summed E-state index contributed by atoms with van der Waals surface area (Å²) < 4.78 is 5.58. The first-order valence-electron chi connectivity index (χ1n) is 6.68. The molecule has 1 aromatic carbocycles. The number of carbonyl (C=O) groups is 1. The third-order valence-corrected chi connectivity index (χ3v) is 3.84. The average Bonchev–Trinajstić information content (AvgIpc) is 2.45. The van der Waals surface area contributed by atoms with E-state index in [1.165, 1.54) is 0 Å². The summed E-state index contributed by atoms with van der Waals surface area (Å²) in [6.07, 6.45) is 0. The topological polar surface area (TPSA) is 58.8 Å². The zero-order valence-electron chi connectivity index (χ0n) is 11.6. The Kier molecular flexibility index (Phi) is 5.23. The predicted molar refractivity (Wildman–Crippen MR) is 78.9 cm³/mol. The van der Waals surface area contributed by atoms with Gasteiger partial charge in [0.25, 0.3) is 5.91 Å². The van der Waals surface area contributed by atoms with Crippen molar-refractivity contribution in [2.24, 2.45) is 5.73 Å². The highest BCUT2D eigenvalue weighted by atomic mass is 35.5. The number of rotatable bonds is 4. The smallest absolute Gasteiger partial charge is 0.260 e. The lowest BCUT2D eigenvalue weighted by atomic mass is 10.2. The fraction of sp³-hybridized carbons (Fsp3) is 0.500. The number of carbonyl (C=O) groups excluding carboxylic acids is 1. The Hall–Kier alpha value is -1.30. The number of piperazine rings is 1. The van der Waals surface area contributed by atoms with E-state index in [1.807, 2.05) is 4.90 Å². The molecule has 0 spiro atoms. The molecule has 0 bridgehead atoms. The van der Waals surface area contributed by atoms with Crippen LogP contribution < -0.4 is 10.5 Å². The summed E-state index contributed by atoms with van der Waals surface area (Å²) in [5, 5.41) is 0.567. The molecular weight excluding hydrogens is 278 g/mol. The number of benzene rings is 1. The van der Waals surface area contributed by atoms with Crippen LogP contribution in [0, 0.1) is 0 Å². The number of ether oxygens (including phenoxy) is 1. The molecule has 1 aliphatic rings. The first-order chi connectivity index (χ1) is 9.61. The fourth-order valence-corrected chi connectivity index (χ4v) is 2.40. The van der Waals surface area contributed by atoms with Gasteiger partial charge in [-0.1, -0.05) is 17.7 Å². The summed E-state index contributed by atoms with van der Waals surface area (Å²) in [6, 6.07) is 5.33. The van der Waals surface area contributed by atoms with E-state index < -0.39 is 0 Å². The normalized spacial score (nSPS) is 16.2. The van der Waals surface area contributed by atoms with E-state index in [4.69, 9.17) is 22.1 Å². The molecule has 1 heterocycles. The molecule has 1 amide bonds. The van der Waals surface area contributed by atoms with Gasteiger partial charge in [0.2, 0.25) is 0 Å². The predicted octanol–water partition coefficient (Wildman–Crippen LogP) is 0.951. The molecule has 6 heteroatoms. The van der Waals surface area contributed by atoms with E-state index in [2.05, 4.69) is 11.9 Å². The minimum Gasteiger partial charge on any atom is -0.483 e. The molecule has 1 aromatic rings. The van der Waals surface area contributed by atoms with Crippen LogP contribution in [-0.4, -0.2) is 55.5 Å². The zero-order valence-corrected chi connectivity index (χ0v) is 12.4. The third kappa shape index (κ3) is 3.62. The van der Waals surface area contributed by atoms with Gasteiger partial charge in [0, 0.05) is 43.3 Å². The van der Waals surface area contributed by atoms with Crippen LogP contribution in [0.2, 0.25) is 5.02 Å². The van der Waals surface area contributed by atoms with Gasteiger partial charge in [0.05, 0.1) is 0 Å². The summed E-state index contributed by atoms with van der Waals surface area (Å²) in [7, 11) is 2.05. The van der Waals surface area contributed by atoms with Crippen LogP contribution in [0.1, 0.15) is 5.56 Å². The van der Waals surface area contributed by atoms with Crippen LogP contribution in [0.15, 0.2) is 18.2 Å². The van der Waals surface area contributed by atoms with Crippen LogP contribution in [0.5, 0.6) is 5.75 Å². The van der Waals surface area contributed by atoms with Gasteiger partial charge in [0.1, 0.15) is 5.75 Å². The summed E-state index contributed by atoms with van der Waals surface area (Å²) in [4.78, 5) is 16.1. The molecule has 1 aliphatic heterocycles. The van der Waals surface area contributed by atoms with Crippen molar-refractivity contribution in [2.45, 2.75) is 6.54 Å². The van der Waals surface area contributed by atoms with Crippen LogP contribution in [0.3, 0.4) is 0 Å². The Morgan fingerprint density at radius 2 is 2.05 bits per heavy atom. The minimum absolute atomic E-state index is 0.000969. The molecule has 5 nitrogen and oxygen atoms in total. The maximum Gasteiger partial charge on any atom is 0.260 e. The summed E-state index contributed by atoms with van der Waals surface area (Å²) in [5.74, 6) is 0.587. The standard InChI is InChI=1S/C14H20ClN3O2/c1-17-5-7-18(8-6-17)14(19)10-20-13-4-2-3-12(15)11(13)9-16/h2-4H,5-10,16H2,1H3. The van der Waals surface area contributed by atoms with E-state index in [-0.39, 0.29) is 19.1 Å². The number of amides is 1. The zero-order chi connectivity index (χ0) is 14.5. The first kappa shape index (κ1) is 15.1. The SMILES string of the molecule is CN1CCN(C(=O)COc2cccc(Cl)c2CN)CC1. The fourth-order valence-electron chi connectivity index (χ4n) is 2.16. The van der Waals surface area contributed by atoms with E-state index in [1.54, 1.807) is 18.2 Å². The molecule has 0 atom stereocenters. The van der Waals surface area contributed by atoms with E-state index >= 15 is 0 Å². The Bertz CT molecular complexity index is 473. The van der Waals surface area contributed by atoms with Gasteiger partial charge in [-0.3, -0.25) is 4.79 Å². The average molecular weight is 298 g/mol. The molecule has 0 saturated carbocycles. The molecule has 2 rings (SSSR count). The largest absolute Gasteiger partial charge is 0.483 e. The second kappa shape index (κ2) is 6.92. The molecule has 1 fully saturated rings. The minimum atomic E-state index is 0.000969. The van der Waals surface area contributed by atoms with Crippen molar-refractivity contribution in [3.8, 4) is 5.75 Å². The van der Waals surface area contributed by atoms with Gasteiger partial charge in [-0.15, -0.1) is 0 Å². The maximum absolute atomic E-state index is 12.1. The van der Waals surface area contributed by atoms with Crippen molar-refractivity contribution in [3.63, 3.8) is 0 Å². The summed E-state index contributed by atoms with van der Waals surface area (Å²) >= 11 is 6.05. The highest BCUT2D eigenvalue weighted by molar-refractivity contribution is 6.31. The molecule has 0 unspecified atom stereocenters. The Morgan fingerprint density at radius 3 is 2.70 bits per heavy atom. The quantitative estimate of drug-likeness (QED) is 0.899. The van der Waals surface area contributed by atoms with Gasteiger partial charge >= 0.3 is 0 Å². The Morgan fingerprint density at radius 1 is 1.35 bits per heavy atom. The van der Waals surface area contributed by atoms with Crippen molar-refractivity contribution < 1.29 is 9.53 Å². The maximum atomic E-state index is 12.1. The second-order valence-electron chi connectivity index (χ2n) is 4.89. The van der Waals surface area contributed by atoms with Crippen LogP contribution >= 0.6 is 11.6 Å². The van der Waals surface area contributed by atoms with Gasteiger partial charge in [-0.2, -0.15) is 0 Å². The van der Waals surface area contributed by atoms with Gasteiger partial charge < -0.3 is 20.3 Å². The number of likely N-dealkylation sites (N-methyl/N-ethyl adjacent to an activating group) is 1. The molecule has 0 aromatic heterocycles. The highest BCUT2D eigenvalue weighted by Crippen LogP contribution is 2.25. The van der Waals surface area contributed by atoms with E-state index in [0.29, 0.717) is 10.8 Å². The Labute approximate surface area is 124 Å². The molecule has 2 N–H and O–H groups in total.